The van der Waals surface area contributed by atoms with Gasteiger partial charge in [-0.1, -0.05) is 12.1 Å². The third kappa shape index (κ3) is 4.40. The number of halogens is 1. The molecule has 7 nitrogen and oxygen atoms in total. The summed E-state index contributed by atoms with van der Waals surface area (Å²) in [6.07, 6.45) is 1.10. The van der Waals surface area contributed by atoms with Crippen molar-refractivity contribution in [3.8, 4) is 34.3 Å². The lowest BCUT2D eigenvalue weighted by Crippen LogP contribution is -2.11. The van der Waals surface area contributed by atoms with E-state index in [0.29, 0.717) is 16.8 Å². The Morgan fingerprint density at radius 3 is 2.83 bits per heavy atom. The Morgan fingerprint density at radius 2 is 2.07 bits per heavy atom. The van der Waals surface area contributed by atoms with E-state index in [1.54, 1.807) is 0 Å². The zero-order valence-corrected chi connectivity index (χ0v) is 17.9. The summed E-state index contributed by atoms with van der Waals surface area (Å²) in [4.78, 5) is 4.47. The molecule has 0 saturated carbocycles. The molecular formula is C22H25ClN6O. The first-order valence-corrected chi connectivity index (χ1v) is 9.80. The molecule has 1 aliphatic heterocycles. The van der Waals surface area contributed by atoms with Gasteiger partial charge in [-0.05, 0) is 51.1 Å². The van der Waals surface area contributed by atoms with Crippen LogP contribution in [0.3, 0.4) is 0 Å². The number of benzene rings is 1. The minimum Gasteiger partial charge on any atom is -0.491 e. The fraction of sp³-hybridized carbons (Fsp3) is 0.318. The summed E-state index contributed by atoms with van der Waals surface area (Å²) >= 11 is 0. The molecule has 0 amide bonds. The second-order valence-corrected chi connectivity index (χ2v) is 7.40. The van der Waals surface area contributed by atoms with E-state index in [1.165, 1.54) is 0 Å². The molecule has 156 valence electrons. The van der Waals surface area contributed by atoms with Crippen LogP contribution in [0.25, 0.3) is 22.5 Å². The maximum absolute atomic E-state index is 9.68. The number of hydrogen-bond acceptors (Lipinski definition) is 6. The summed E-state index contributed by atoms with van der Waals surface area (Å²) in [7, 11) is 0. The van der Waals surface area contributed by atoms with Gasteiger partial charge in [-0.2, -0.15) is 10.4 Å². The van der Waals surface area contributed by atoms with Crippen molar-refractivity contribution in [3.05, 3.63) is 47.7 Å². The summed E-state index contributed by atoms with van der Waals surface area (Å²) in [5.41, 5.74) is 10.6. The van der Waals surface area contributed by atoms with Crippen LogP contribution in [-0.4, -0.2) is 27.4 Å². The number of ether oxygens (including phenoxy) is 1. The van der Waals surface area contributed by atoms with Crippen molar-refractivity contribution in [3.63, 3.8) is 0 Å². The summed E-state index contributed by atoms with van der Waals surface area (Å²) < 4.78 is 7.80. The molecular weight excluding hydrogens is 400 g/mol. The predicted octanol–water partition coefficient (Wildman–Crippen LogP) is 3.77. The number of nitrogens with two attached hydrogens (primary N) is 1. The smallest absolute Gasteiger partial charge is 0.142 e. The van der Waals surface area contributed by atoms with Gasteiger partial charge in [-0.15, -0.1) is 12.4 Å². The van der Waals surface area contributed by atoms with E-state index < -0.39 is 0 Å². The SMILES string of the molecule is CC(C)Oc1cccc(-c2cc(-c3cc4n(n3)CCCNC4)c(C#N)c(N)n2)c1.Cl. The van der Waals surface area contributed by atoms with Crippen molar-refractivity contribution in [2.24, 2.45) is 0 Å². The lowest BCUT2D eigenvalue weighted by molar-refractivity contribution is 0.242. The molecule has 0 unspecified atom stereocenters. The molecule has 0 fully saturated rings. The van der Waals surface area contributed by atoms with E-state index >= 15 is 0 Å². The van der Waals surface area contributed by atoms with Crippen LogP contribution < -0.4 is 15.8 Å². The minimum atomic E-state index is 0. The number of aromatic nitrogens is 3. The number of nitrogen functional groups attached to an aromatic ring is 1. The quantitative estimate of drug-likeness (QED) is 0.661. The van der Waals surface area contributed by atoms with E-state index in [9.17, 15) is 5.26 Å². The largest absolute Gasteiger partial charge is 0.491 e. The molecule has 3 N–H and O–H groups in total. The van der Waals surface area contributed by atoms with Crippen LogP contribution >= 0.6 is 12.4 Å². The zero-order chi connectivity index (χ0) is 20.4. The van der Waals surface area contributed by atoms with Crippen molar-refractivity contribution in [2.75, 3.05) is 12.3 Å². The number of pyridine rings is 1. The maximum Gasteiger partial charge on any atom is 0.142 e. The van der Waals surface area contributed by atoms with Crippen LogP contribution in [0.1, 0.15) is 31.5 Å². The van der Waals surface area contributed by atoms with E-state index in [4.69, 9.17) is 15.6 Å². The number of nitrogens with one attached hydrogen (secondary N) is 1. The molecule has 4 rings (SSSR count). The molecule has 2 aromatic heterocycles. The average molecular weight is 425 g/mol. The molecule has 3 heterocycles. The molecule has 0 radical (unpaired) electrons. The van der Waals surface area contributed by atoms with Crippen molar-refractivity contribution >= 4 is 18.2 Å². The third-order valence-electron chi connectivity index (χ3n) is 4.83. The van der Waals surface area contributed by atoms with Crippen molar-refractivity contribution < 1.29 is 4.74 Å². The molecule has 0 atom stereocenters. The van der Waals surface area contributed by atoms with Gasteiger partial charge in [-0.25, -0.2) is 4.98 Å². The van der Waals surface area contributed by atoms with E-state index in [1.807, 2.05) is 54.9 Å². The van der Waals surface area contributed by atoms with Gasteiger partial charge in [0.15, 0.2) is 0 Å². The number of anilines is 1. The third-order valence-corrected chi connectivity index (χ3v) is 4.83. The number of hydrogen-bond donors (Lipinski definition) is 2. The number of nitriles is 1. The van der Waals surface area contributed by atoms with Gasteiger partial charge in [0.1, 0.15) is 23.2 Å². The fourth-order valence-electron chi connectivity index (χ4n) is 3.53. The first-order chi connectivity index (χ1) is 14.0. The van der Waals surface area contributed by atoms with Crippen LogP contribution in [0.5, 0.6) is 5.75 Å². The highest BCUT2D eigenvalue weighted by Crippen LogP contribution is 2.32. The summed E-state index contributed by atoms with van der Waals surface area (Å²) in [5.74, 6) is 0.972. The molecule has 8 heteroatoms. The van der Waals surface area contributed by atoms with Crippen molar-refractivity contribution in [2.45, 2.75) is 39.5 Å². The molecule has 0 bridgehead atoms. The van der Waals surface area contributed by atoms with E-state index in [2.05, 4.69) is 16.4 Å². The number of rotatable bonds is 4. The Labute approximate surface area is 182 Å². The molecule has 0 aliphatic carbocycles. The molecule has 30 heavy (non-hydrogen) atoms. The summed E-state index contributed by atoms with van der Waals surface area (Å²) in [6.45, 7) is 6.56. The van der Waals surface area contributed by atoms with E-state index in [-0.39, 0.29) is 24.3 Å². The Kier molecular flexibility index (Phi) is 6.60. The van der Waals surface area contributed by atoms with Gasteiger partial charge < -0.3 is 15.8 Å². The minimum absolute atomic E-state index is 0. The number of nitrogens with zero attached hydrogens (tertiary/aromatic N) is 4. The highest BCUT2D eigenvalue weighted by Gasteiger charge is 2.18. The number of fused-ring (bicyclic) bond motifs is 1. The van der Waals surface area contributed by atoms with Crippen LogP contribution in [0.15, 0.2) is 36.4 Å². The normalized spacial score (nSPS) is 13.1. The van der Waals surface area contributed by atoms with Crippen LogP contribution in [-0.2, 0) is 13.1 Å². The average Bonchev–Trinajstić information content (AvgIpc) is 2.97. The van der Waals surface area contributed by atoms with E-state index in [0.717, 1.165) is 48.8 Å². The first-order valence-electron chi connectivity index (χ1n) is 9.80. The molecule has 0 spiro atoms. The second-order valence-electron chi connectivity index (χ2n) is 7.40. The van der Waals surface area contributed by atoms with Gasteiger partial charge in [0.25, 0.3) is 0 Å². The highest BCUT2D eigenvalue weighted by molar-refractivity contribution is 5.85. The molecule has 1 aliphatic rings. The standard InChI is InChI=1S/C22H24N6O.ClH/c1-14(2)29-17-6-3-5-15(9-17)20-11-18(19(12-23)22(24)26-20)21-10-16-13-25-7-4-8-28(16)27-21;/h3,5-6,9-11,14,25H,4,7-8,13H2,1-2H3,(H2,24,26);1H. The van der Waals surface area contributed by atoms with Crippen molar-refractivity contribution in [1.82, 2.24) is 20.1 Å². The maximum atomic E-state index is 9.68. The van der Waals surface area contributed by atoms with Gasteiger partial charge >= 0.3 is 0 Å². The molecule has 3 aromatic rings. The zero-order valence-electron chi connectivity index (χ0n) is 17.1. The highest BCUT2D eigenvalue weighted by atomic mass is 35.5. The van der Waals surface area contributed by atoms with Gasteiger partial charge in [0.2, 0.25) is 0 Å². The lowest BCUT2D eigenvalue weighted by Gasteiger charge is -2.12. The second kappa shape index (κ2) is 9.16. The predicted molar refractivity (Wildman–Crippen MR) is 119 cm³/mol. The summed E-state index contributed by atoms with van der Waals surface area (Å²) in [6, 6.07) is 13.8. The van der Waals surface area contributed by atoms with Crippen molar-refractivity contribution in [1.29, 1.82) is 5.26 Å². The molecule has 0 saturated heterocycles. The monoisotopic (exact) mass is 424 g/mol. The first kappa shape index (κ1) is 21.6. The van der Waals surface area contributed by atoms with Gasteiger partial charge in [0.05, 0.1) is 23.2 Å². The molecule has 1 aromatic carbocycles. The van der Waals surface area contributed by atoms with Crippen LogP contribution in [0, 0.1) is 11.3 Å². The van der Waals surface area contributed by atoms with Crippen LogP contribution in [0.4, 0.5) is 5.82 Å². The Balaban J connectivity index is 0.00000256. The number of aryl methyl sites for hydroxylation is 1. The topological polar surface area (TPSA) is 102 Å². The van der Waals surface area contributed by atoms with Crippen LogP contribution in [0.2, 0.25) is 0 Å². The Morgan fingerprint density at radius 1 is 1.23 bits per heavy atom. The summed E-state index contributed by atoms with van der Waals surface area (Å²) in [5, 5.41) is 17.8. The fourth-order valence-corrected chi connectivity index (χ4v) is 3.53. The van der Waals surface area contributed by atoms with Gasteiger partial charge in [-0.3, -0.25) is 4.68 Å². The van der Waals surface area contributed by atoms with Gasteiger partial charge in [0, 0.05) is 24.2 Å². The lowest BCUT2D eigenvalue weighted by atomic mass is 10.0. The Hall–Kier alpha value is -3.08. The Bertz CT molecular complexity index is 1060.